The third-order valence-corrected chi connectivity index (χ3v) is 4.60. The number of fused-ring (bicyclic) bond motifs is 1. The van der Waals surface area contributed by atoms with Crippen LogP contribution in [0.15, 0.2) is 58.5 Å². The Morgan fingerprint density at radius 3 is 2.67 bits per heavy atom. The molecule has 1 amide bonds. The molecule has 122 valence electrons. The molecule has 2 aromatic carbocycles. The van der Waals surface area contributed by atoms with E-state index in [1.54, 1.807) is 49.4 Å². The number of aromatic nitrogens is 2. The summed E-state index contributed by atoms with van der Waals surface area (Å²) in [5.74, 6) is -0.182. The lowest BCUT2D eigenvalue weighted by Crippen LogP contribution is -2.23. The van der Waals surface area contributed by atoms with Crippen molar-refractivity contribution in [2.45, 2.75) is 17.3 Å². The summed E-state index contributed by atoms with van der Waals surface area (Å²) in [5.41, 5.74) is 1.05. The summed E-state index contributed by atoms with van der Waals surface area (Å²) in [5, 5.41) is 3.92. The molecule has 24 heavy (non-hydrogen) atoms. The highest BCUT2D eigenvalue weighted by atomic mass is 35.5. The number of carbonyl (C=O) groups excluding carboxylic acids is 1. The number of thioether (sulfide) groups is 1. The zero-order valence-electron chi connectivity index (χ0n) is 12.7. The highest BCUT2D eigenvalue weighted by Gasteiger charge is 2.16. The second kappa shape index (κ2) is 7.07. The molecule has 0 saturated heterocycles. The van der Waals surface area contributed by atoms with Gasteiger partial charge in [-0.3, -0.25) is 9.59 Å². The predicted molar refractivity (Wildman–Crippen MR) is 97.8 cm³/mol. The monoisotopic (exact) mass is 359 g/mol. The average Bonchev–Trinajstić information content (AvgIpc) is 2.57. The Labute approximate surface area is 147 Å². The van der Waals surface area contributed by atoms with E-state index in [0.717, 1.165) is 0 Å². The number of benzene rings is 2. The van der Waals surface area contributed by atoms with Gasteiger partial charge in [0.25, 0.3) is 5.56 Å². The lowest BCUT2D eigenvalue weighted by molar-refractivity contribution is -0.115. The molecule has 0 bridgehead atoms. The second-order valence-electron chi connectivity index (χ2n) is 5.14. The number of hydrogen-bond acceptors (Lipinski definition) is 4. The largest absolute Gasteiger partial charge is 0.325 e. The highest BCUT2D eigenvalue weighted by Crippen LogP contribution is 2.22. The molecule has 0 unspecified atom stereocenters. The highest BCUT2D eigenvalue weighted by molar-refractivity contribution is 8.00. The summed E-state index contributed by atoms with van der Waals surface area (Å²) in [6, 6.07) is 14.0. The van der Waals surface area contributed by atoms with Gasteiger partial charge in [0.05, 0.1) is 16.2 Å². The zero-order valence-corrected chi connectivity index (χ0v) is 14.3. The number of halogens is 1. The maximum Gasteiger partial charge on any atom is 0.259 e. The van der Waals surface area contributed by atoms with E-state index in [9.17, 15) is 9.59 Å². The molecule has 0 fully saturated rings. The van der Waals surface area contributed by atoms with Crippen LogP contribution in [0.25, 0.3) is 10.9 Å². The summed E-state index contributed by atoms with van der Waals surface area (Å²) < 4.78 is 0. The SMILES string of the molecule is C[C@H](Sc1nc2ccccc2c(=O)[nH]1)C(=O)Nc1ccc(Cl)cc1. The Hall–Kier alpha value is -2.31. The molecular weight excluding hydrogens is 346 g/mol. The van der Waals surface area contributed by atoms with E-state index in [2.05, 4.69) is 15.3 Å². The van der Waals surface area contributed by atoms with Gasteiger partial charge in [0.15, 0.2) is 5.16 Å². The van der Waals surface area contributed by atoms with E-state index in [0.29, 0.717) is 26.8 Å². The van der Waals surface area contributed by atoms with Crippen LogP contribution in [0.1, 0.15) is 6.92 Å². The number of anilines is 1. The number of aromatic amines is 1. The van der Waals surface area contributed by atoms with Crippen LogP contribution in [-0.4, -0.2) is 21.1 Å². The number of carbonyl (C=O) groups is 1. The van der Waals surface area contributed by atoms with Gasteiger partial charge in [-0.25, -0.2) is 4.98 Å². The Bertz CT molecular complexity index is 940. The van der Waals surface area contributed by atoms with Gasteiger partial charge in [-0.05, 0) is 43.3 Å². The Kier molecular flexibility index (Phi) is 4.87. The van der Waals surface area contributed by atoms with Crippen LogP contribution < -0.4 is 10.9 Å². The number of hydrogen-bond donors (Lipinski definition) is 2. The van der Waals surface area contributed by atoms with Gasteiger partial charge >= 0.3 is 0 Å². The van der Waals surface area contributed by atoms with Crippen LogP contribution in [0, 0.1) is 0 Å². The summed E-state index contributed by atoms with van der Waals surface area (Å²) in [6.45, 7) is 1.76. The first-order chi connectivity index (χ1) is 11.5. The first-order valence-corrected chi connectivity index (χ1v) is 8.51. The van der Waals surface area contributed by atoms with Gasteiger partial charge in [-0.1, -0.05) is 35.5 Å². The second-order valence-corrected chi connectivity index (χ2v) is 6.91. The van der Waals surface area contributed by atoms with E-state index >= 15 is 0 Å². The smallest absolute Gasteiger partial charge is 0.259 e. The van der Waals surface area contributed by atoms with Gasteiger partial charge in [-0.2, -0.15) is 0 Å². The Morgan fingerprint density at radius 1 is 1.21 bits per heavy atom. The van der Waals surface area contributed by atoms with Crippen molar-refractivity contribution in [3.8, 4) is 0 Å². The van der Waals surface area contributed by atoms with E-state index in [1.807, 2.05) is 6.07 Å². The fourth-order valence-electron chi connectivity index (χ4n) is 2.12. The third kappa shape index (κ3) is 3.77. The molecule has 3 aromatic rings. The molecule has 0 radical (unpaired) electrons. The Balaban J connectivity index is 1.74. The molecule has 1 atom stereocenters. The van der Waals surface area contributed by atoms with Crippen molar-refractivity contribution >= 4 is 45.9 Å². The van der Waals surface area contributed by atoms with Crippen molar-refractivity contribution in [3.05, 3.63) is 63.9 Å². The summed E-state index contributed by atoms with van der Waals surface area (Å²) >= 11 is 7.02. The summed E-state index contributed by atoms with van der Waals surface area (Å²) in [4.78, 5) is 31.4. The standard InChI is InChI=1S/C17H14ClN3O2S/c1-10(15(22)19-12-8-6-11(18)7-9-12)24-17-20-14-5-3-2-4-13(14)16(23)21-17/h2-10H,1H3,(H,19,22)(H,20,21,23)/t10-/m0/s1. The topological polar surface area (TPSA) is 74.8 Å². The molecule has 0 aliphatic carbocycles. The normalized spacial score (nSPS) is 12.1. The van der Waals surface area contributed by atoms with Gasteiger partial charge in [-0.15, -0.1) is 0 Å². The van der Waals surface area contributed by atoms with Crippen LogP contribution in [0.5, 0.6) is 0 Å². The van der Waals surface area contributed by atoms with Crippen molar-refractivity contribution in [1.29, 1.82) is 0 Å². The van der Waals surface area contributed by atoms with Crippen molar-refractivity contribution in [2.24, 2.45) is 0 Å². The molecular formula is C17H14ClN3O2S. The van der Waals surface area contributed by atoms with E-state index < -0.39 is 5.25 Å². The van der Waals surface area contributed by atoms with Crippen LogP contribution >= 0.6 is 23.4 Å². The number of nitrogens with one attached hydrogen (secondary N) is 2. The predicted octanol–water partition coefficient (Wildman–Crippen LogP) is 3.70. The Morgan fingerprint density at radius 2 is 1.92 bits per heavy atom. The molecule has 1 heterocycles. The molecule has 5 nitrogen and oxygen atoms in total. The summed E-state index contributed by atoms with van der Waals surface area (Å²) in [7, 11) is 0. The van der Waals surface area contributed by atoms with Crippen molar-refractivity contribution in [3.63, 3.8) is 0 Å². The van der Waals surface area contributed by atoms with E-state index in [-0.39, 0.29) is 11.5 Å². The number of H-pyrrole nitrogens is 1. The molecule has 0 saturated carbocycles. The molecule has 2 N–H and O–H groups in total. The van der Waals surface area contributed by atoms with Gasteiger partial charge in [0.1, 0.15) is 0 Å². The van der Waals surface area contributed by atoms with Crippen LogP contribution in [0.4, 0.5) is 5.69 Å². The minimum atomic E-state index is -0.426. The fourth-order valence-corrected chi connectivity index (χ4v) is 3.05. The fraction of sp³-hybridized carbons (Fsp3) is 0.118. The van der Waals surface area contributed by atoms with Crippen LogP contribution in [0.3, 0.4) is 0 Å². The molecule has 7 heteroatoms. The van der Waals surface area contributed by atoms with Gasteiger partial charge in [0, 0.05) is 10.7 Å². The van der Waals surface area contributed by atoms with E-state index in [4.69, 9.17) is 11.6 Å². The average molecular weight is 360 g/mol. The minimum absolute atomic E-state index is 0.182. The zero-order chi connectivity index (χ0) is 17.1. The molecule has 0 aliphatic rings. The lowest BCUT2D eigenvalue weighted by atomic mass is 10.2. The summed E-state index contributed by atoms with van der Waals surface area (Å²) in [6.07, 6.45) is 0. The number of para-hydroxylation sites is 1. The van der Waals surface area contributed by atoms with Gasteiger partial charge in [0.2, 0.25) is 5.91 Å². The first kappa shape index (κ1) is 16.5. The first-order valence-electron chi connectivity index (χ1n) is 7.25. The van der Waals surface area contributed by atoms with Crippen molar-refractivity contribution in [1.82, 2.24) is 9.97 Å². The number of amides is 1. The van der Waals surface area contributed by atoms with Crippen molar-refractivity contribution in [2.75, 3.05) is 5.32 Å². The van der Waals surface area contributed by atoms with E-state index in [1.165, 1.54) is 11.8 Å². The number of rotatable bonds is 4. The van der Waals surface area contributed by atoms with Gasteiger partial charge < -0.3 is 10.3 Å². The molecule has 3 rings (SSSR count). The third-order valence-electron chi connectivity index (χ3n) is 3.36. The van der Waals surface area contributed by atoms with Crippen molar-refractivity contribution < 1.29 is 4.79 Å². The number of nitrogens with zero attached hydrogens (tertiary/aromatic N) is 1. The molecule has 0 spiro atoms. The lowest BCUT2D eigenvalue weighted by Gasteiger charge is -2.11. The molecule has 0 aliphatic heterocycles. The molecule has 1 aromatic heterocycles. The van der Waals surface area contributed by atoms with Crippen LogP contribution in [0.2, 0.25) is 5.02 Å². The maximum absolute atomic E-state index is 12.3. The maximum atomic E-state index is 12.3. The minimum Gasteiger partial charge on any atom is -0.325 e. The quantitative estimate of drug-likeness (QED) is 0.550. The van der Waals surface area contributed by atoms with Crippen LogP contribution in [-0.2, 0) is 4.79 Å².